The van der Waals surface area contributed by atoms with E-state index in [9.17, 15) is 10.1 Å². The minimum Gasteiger partial charge on any atom is -0.394 e. The van der Waals surface area contributed by atoms with Crippen LogP contribution in [0, 0.1) is 21.4 Å². The van der Waals surface area contributed by atoms with Crippen molar-refractivity contribution in [1.29, 1.82) is 5.26 Å². The van der Waals surface area contributed by atoms with E-state index in [1.54, 1.807) is 6.07 Å². The van der Waals surface area contributed by atoms with Crippen LogP contribution in [0.2, 0.25) is 0 Å². The molecule has 1 aromatic heterocycles. The highest BCUT2D eigenvalue weighted by Gasteiger charge is 2.22. The monoisotopic (exact) mass is 236 g/mol. The minimum absolute atomic E-state index is 0.00921. The predicted molar refractivity (Wildman–Crippen MR) is 60.4 cm³/mol. The van der Waals surface area contributed by atoms with Gasteiger partial charge in [0.25, 0.3) is 0 Å². The Balaban J connectivity index is 3.15. The first-order valence-corrected chi connectivity index (χ1v) is 5.04. The molecule has 7 heteroatoms. The van der Waals surface area contributed by atoms with E-state index in [2.05, 4.69) is 10.3 Å². The van der Waals surface area contributed by atoms with E-state index in [0.29, 0.717) is 6.42 Å². The second kappa shape index (κ2) is 5.77. The molecule has 1 heterocycles. The van der Waals surface area contributed by atoms with Crippen LogP contribution in [0.4, 0.5) is 11.5 Å². The summed E-state index contributed by atoms with van der Waals surface area (Å²) in [5.41, 5.74) is -0.415. The Hall–Kier alpha value is -2.20. The standard InChI is InChI=1S/C10H12N4O3/c1-2-8(6-15)13-10-9(14(16)17)7(5-11)3-4-12-10/h3-4,8,15H,2,6H2,1H3,(H,12,13)/t8-/m0/s1. The highest BCUT2D eigenvalue weighted by Crippen LogP contribution is 2.26. The molecule has 0 amide bonds. The van der Waals surface area contributed by atoms with Gasteiger partial charge in [-0.2, -0.15) is 5.26 Å². The third-order valence-electron chi connectivity index (χ3n) is 2.28. The Labute approximate surface area is 97.9 Å². The summed E-state index contributed by atoms with van der Waals surface area (Å²) >= 11 is 0. The lowest BCUT2D eigenvalue weighted by molar-refractivity contribution is -0.384. The molecule has 0 fully saturated rings. The van der Waals surface area contributed by atoms with E-state index < -0.39 is 4.92 Å². The molecule has 2 N–H and O–H groups in total. The number of pyridine rings is 1. The number of hydrogen-bond donors (Lipinski definition) is 2. The molecule has 7 nitrogen and oxygen atoms in total. The second-order valence-corrected chi connectivity index (χ2v) is 3.36. The molecule has 0 unspecified atom stereocenters. The van der Waals surface area contributed by atoms with Crippen molar-refractivity contribution in [2.45, 2.75) is 19.4 Å². The summed E-state index contributed by atoms with van der Waals surface area (Å²) in [6, 6.07) is 2.70. The maximum absolute atomic E-state index is 10.9. The molecule has 0 aliphatic heterocycles. The topological polar surface area (TPSA) is 112 Å². The number of anilines is 1. The van der Waals surface area contributed by atoms with E-state index in [-0.39, 0.29) is 29.7 Å². The first-order chi connectivity index (χ1) is 8.13. The lowest BCUT2D eigenvalue weighted by Crippen LogP contribution is -2.24. The van der Waals surface area contributed by atoms with E-state index in [1.165, 1.54) is 12.3 Å². The van der Waals surface area contributed by atoms with Gasteiger partial charge in [-0.15, -0.1) is 0 Å². The van der Waals surface area contributed by atoms with Crippen LogP contribution < -0.4 is 5.32 Å². The lowest BCUT2D eigenvalue weighted by atomic mass is 10.2. The van der Waals surface area contributed by atoms with Crippen LogP contribution in [0.1, 0.15) is 18.9 Å². The summed E-state index contributed by atoms with van der Waals surface area (Å²) in [7, 11) is 0. The first kappa shape index (κ1) is 12.9. The largest absolute Gasteiger partial charge is 0.394 e. The molecule has 90 valence electrons. The molecular weight excluding hydrogens is 224 g/mol. The Morgan fingerprint density at radius 1 is 1.76 bits per heavy atom. The van der Waals surface area contributed by atoms with Gasteiger partial charge in [-0.05, 0) is 12.5 Å². The van der Waals surface area contributed by atoms with Crippen molar-refractivity contribution in [1.82, 2.24) is 4.98 Å². The summed E-state index contributed by atoms with van der Waals surface area (Å²) in [6.07, 6.45) is 1.91. The molecule has 0 bridgehead atoms. The lowest BCUT2D eigenvalue weighted by Gasteiger charge is -2.14. The average molecular weight is 236 g/mol. The van der Waals surface area contributed by atoms with Crippen LogP contribution in [-0.4, -0.2) is 27.7 Å². The van der Waals surface area contributed by atoms with Crippen molar-refractivity contribution in [3.63, 3.8) is 0 Å². The number of rotatable bonds is 5. The summed E-state index contributed by atoms with van der Waals surface area (Å²) < 4.78 is 0. The zero-order valence-corrected chi connectivity index (χ0v) is 9.25. The van der Waals surface area contributed by atoms with Gasteiger partial charge in [-0.1, -0.05) is 6.92 Å². The molecule has 0 aliphatic carbocycles. The number of nitrogens with one attached hydrogen (secondary N) is 1. The number of hydrogen-bond acceptors (Lipinski definition) is 6. The van der Waals surface area contributed by atoms with Crippen molar-refractivity contribution in [3.05, 3.63) is 27.9 Å². The van der Waals surface area contributed by atoms with Crippen molar-refractivity contribution in [3.8, 4) is 6.07 Å². The molecule has 0 saturated heterocycles. The van der Waals surface area contributed by atoms with Crippen molar-refractivity contribution < 1.29 is 10.0 Å². The van der Waals surface area contributed by atoms with Gasteiger partial charge in [-0.25, -0.2) is 4.98 Å². The molecule has 0 spiro atoms. The van der Waals surface area contributed by atoms with Crippen molar-refractivity contribution >= 4 is 11.5 Å². The molecule has 0 aliphatic rings. The Bertz CT molecular complexity index is 451. The van der Waals surface area contributed by atoms with E-state index in [1.807, 2.05) is 6.92 Å². The molecule has 0 saturated carbocycles. The van der Waals surface area contributed by atoms with Gasteiger partial charge in [0, 0.05) is 6.20 Å². The summed E-state index contributed by atoms with van der Waals surface area (Å²) in [6.45, 7) is 1.67. The zero-order valence-electron chi connectivity index (χ0n) is 9.25. The van der Waals surface area contributed by atoms with Crippen LogP contribution in [-0.2, 0) is 0 Å². The number of nitro groups is 1. The SMILES string of the molecule is CC[C@@H](CO)Nc1nccc(C#N)c1[N+](=O)[O-]. The smallest absolute Gasteiger partial charge is 0.328 e. The summed E-state index contributed by atoms with van der Waals surface area (Å²) in [5.74, 6) is 0.00921. The molecule has 0 radical (unpaired) electrons. The van der Waals surface area contributed by atoms with Crippen molar-refractivity contribution in [2.24, 2.45) is 0 Å². The van der Waals surface area contributed by atoms with Gasteiger partial charge in [0.1, 0.15) is 11.6 Å². The third-order valence-corrected chi connectivity index (χ3v) is 2.28. The molecule has 1 atom stereocenters. The average Bonchev–Trinajstić information content (AvgIpc) is 2.34. The van der Waals surface area contributed by atoms with Gasteiger partial charge >= 0.3 is 5.69 Å². The van der Waals surface area contributed by atoms with Crippen LogP contribution in [0.3, 0.4) is 0 Å². The quantitative estimate of drug-likeness (QED) is 0.583. The molecule has 1 rings (SSSR count). The van der Waals surface area contributed by atoms with E-state index in [0.717, 1.165) is 0 Å². The van der Waals surface area contributed by atoms with Gasteiger partial charge in [0.2, 0.25) is 5.82 Å². The van der Waals surface area contributed by atoms with Crippen LogP contribution in [0.15, 0.2) is 12.3 Å². The summed E-state index contributed by atoms with van der Waals surface area (Å²) in [4.78, 5) is 14.0. The molecule has 0 aromatic carbocycles. The Morgan fingerprint density at radius 3 is 2.94 bits per heavy atom. The normalized spacial score (nSPS) is 11.6. The van der Waals surface area contributed by atoms with Crippen LogP contribution in [0.25, 0.3) is 0 Å². The van der Waals surface area contributed by atoms with E-state index >= 15 is 0 Å². The Kier molecular flexibility index (Phi) is 4.37. The summed E-state index contributed by atoms with van der Waals surface area (Å²) in [5, 5.41) is 31.4. The highest BCUT2D eigenvalue weighted by molar-refractivity contribution is 5.64. The van der Waals surface area contributed by atoms with Crippen LogP contribution in [0.5, 0.6) is 0 Å². The molecular formula is C10H12N4O3. The zero-order chi connectivity index (χ0) is 12.8. The van der Waals surface area contributed by atoms with Gasteiger partial charge in [-0.3, -0.25) is 10.1 Å². The fourth-order valence-electron chi connectivity index (χ4n) is 1.30. The van der Waals surface area contributed by atoms with Gasteiger partial charge in [0.05, 0.1) is 17.6 Å². The third kappa shape index (κ3) is 2.89. The fraction of sp³-hybridized carbons (Fsp3) is 0.400. The number of aliphatic hydroxyl groups is 1. The van der Waals surface area contributed by atoms with E-state index in [4.69, 9.17) is 10.4 Å². The van der Waals surface area contributed by atoms with Crippen molar-refractivity contribution in [2.75, 3.05) is 11.9 Å². The highest BCUT2D eigenvalue weighted by atomic mass is 16.6. The number of aliphatic hydroxyl groups excluding tert-OH is 1. The number of aromatic nitrogens is 1. The molecule has 1 aromatic rings. The van der Waals surface area contributed by atoms with Crippen LogP contribution >= 0.6 is 0 Å². The van der Waals surface area contributed by atoms with Gasteiger partial charge in [0.15, 0.2) is 0 Å². The maximum Gasteiger partial charge on any atom is 0.328 e. The van der Waals surface area contributed by atoms with Gasteiger partial charge < -0.3 is 10.4 Å². The number of nitriles is 1. The minimum atomic E-state index is -0.655. The number of nitrogens with zero attached hydrogens (tertiary/aromatic N) is 3. The second-order valence-electron chi connectivity index (χ2n) is 3.36. The molecule has 17 heavy (non-hydrogen) atoms. The maximum atomic E-state index is 10.9. The fourth-order valence-corrected chi connectivity index (χ4v) is 1.30. The predicted octanol–water partition coefficient (Wildman–Crippen LogP) is 1.04. The Morgan fingerprint density at radius 2 is 2.47 bits per heavy atom. The first-order valence-electron chi connectivity index (χ1n) is 5.04.